The van der Waals surface area contributed by atoms with Gasteiger partial charge in [0, 0.05) is 17.3 Å². The number of phenols is 1. The molecule has 0 aliphatic carbocycles. The minimum atomic E-state index is -0.471. The molecule has 0 saturated carbocycles. The van der Waals surface area contributed by atoms with Gasteiger partial charge in [0.1, 0.15) is 11.3 Å². The van der Waals surface area contributed by atoms with Gasteiger partial charge in [0.2, 0.25) is 0 Å². The van der Waals surface area contributed by atoms with Gasteiger partial charge in [-0.2, -0.15) is 0 Å². The lowest BCUT2D eigenvalue weighted by Crippen LogP contribution is -2.20. The molecule has 0 fully saturated rings. The van der Waals surface area contributed by atoms with Gasteiger partial charge in [0.05, 0.1) is 26.1 Å². The maximum Gasteiger partial charge on any atom is 0.324 e. The second kappa shape index (κ2) is 8.54. The molecule has 2 aromatic heterocycles. The largest absolute Gasteiger partial charge is 0.504 e. The maximum absolute atomic E-state index is 12.3. The summed E-state index contributed by atoms with van der Waals surface area (Å²) in [7, 11) is 3.03. The number of urea groups is 1. The summed E-state index contributed by atoms with van der Waals surface area (Å²) in [6.45, 7) is 0. The van der Waals surface area contributed by atoms with E-state index in [-0.39, 0.29) is 11.6 Å². The molecule has 0 saturated heterocycles. The Kier molecular flexibility index (Phi) is 5.48. The minimum absolute atomic E-state index is 0.0420. The second-order valence-corrected chi connectivity index (χ2v) is 6.49. The molecular formula is C22H19N5O4. The first kappa shape index (κ1) is 19.9. The number of fused-ring (bicyclic) bond motifs is 1. The molecule has 2 amide bonds. The Labute approximate surface area is 177 Å². The Morgan fingerprint density at radius 2 is 1.84 bits per heavy atom. The highest BCUT2D eigenvalue weighted by Gasteiger charge is 2.10. The fourth-order valence-electron chi connectivity index (χ4n) is 2.94. The number of hydrogen-bond acceptors (Lipinski definition) is 7. The summed E-state index contributed by atoms with van der Waals surface area (Å²) >= 11 is 0. The molecule has 4 rings (SSSR count). The van der Waals surface area contributed by atoms with Gasteiger partial charge in [0.15, 0.2) is 23.0 Å². The number of phenolic OH excluding ortho intramolecular Hbond substituents is 1. The van der Waals surface area contributed by atoms with Crippen LogP contribution in [-0.4, -0.2) is 40.3 Å². The van der Waals surface area contributed by atoms with Crippen molar-refractivity contribution in [1.82, 2.24) is 15.0 Å². The predicted molar refractivity (Wildman–Crippen MR) is 117 cm³/mol. The van der Waals surface area contributed by atoms with E-state index in [9.17, 15) is 9.90 Å². The number of amides is 2. The lowest BCUT2D eigenvalue weighted by atomic mass is 10.1. The molecule has 4 aromatic rings. The summed E-state index contributed by atoms with van der Waals surface area (Å²) in [5.74, 6) is 1.27. The highest BCUT2D eigenvalue weighted by molar-refractivity contribution is 5.99. The number of hydrogen-bond donors (Lipinski definition) is 3. The highest BCUT2D eigenvalue weighted by atomic mass is 16.5. The van der Waals surface area contributed by atoms with E-state index in [0.29, 0.717) is 34.0 Å². The lowest BCUT2D eigenvalue weighted by Gasteiger charge is -2.09. The van der Waals surface area contributed by atoms with E-state index in [1.165, 1.54) is 19.4 Å². The number of pyridine rings is 1. The van der Waals surface area contributed by atoms with Crippen molar-refractivity contribution in [2.45, 2.75) is 0 Å². The minimum Gasteiger partial charge on any atom is -0.504 e. The summed E-state index contributed by atoms with van der Waals surface area (Å²) in [6.07, 6.45) is 1.46. The van der Waals surface area contributed by atoms with Crippen molar-refractivity contribution in [3.8, 4) is 28.5 Å². The predicted octanol–water partition coefficient (Wildman–Crippen LogP) is 4.06. The van der Waals surface area contributed by atoms with Crippen LogP contribution in [0.1, 0.15) is 0 Å². The van der Waals surface area contributed by atoms with Gasteiger partial charge in [-0.1, -0.05) is 6.07 Å². The van der Waals surface area contributed by atoms with Crippen molar-refractivity contribution in [2.24, 2.45) is 0 Å². The molecule has 9 nitrogen and oxygen atoms in total. The van der Waals surface area contributed by atoms with E-state index in [4.69, 9.17) is 9.47 Å². The number of benzene rings is 2. The van der Waals surface area contributed by atoms with Crippen LogP contribution in [0.4, 0.5) is 16.3 Å². The van der Waals surface area contributed by atoms with E-state index >= 15 is 0 Å². The SMILES string of the molecule is COc1cccc(NC(=O)Nc2cnc3ccc(-c4ccc(O)c(OC)c4)nc3n2)c1. The number of carbonyl (C=O) groups is 1. The van der Waals surface area contributed by atoms with Gasteiger partial charge in [-0.15, -0.1) is 0 Å². The van der Waals surface area contributed by atoms with Crippen LogP contribution in [0.3, 0.4) is 0 Å². The van der Waals surface area contributed by atoms with Crippen molar-refractivity contribution in [2.75, 3.05) is 24.9 Å². The Morgan fingerprint density at radius 1 is 0.968 bits per heavy atom. The number of aromatic nitrogens is 3. The first-order valence-electron chi connectivity index (χ1n) is 9.29. The smallest absolute Gasteiger partial charge is 0.324 e. The average Bonchev–Trinajstić information content (AvgIpc) is 2.79. The summed E-state index contributed by atoms with van der Waals surface area (Å²) in [5.41, 5.74) is 2.88. The molecule has 3 N–H and O–H groups in total. The number of ether oxygens (including phenoxy) is 2. The Hall–Kier alpha value is -4.40. The molecule has 9 heteroatoms. The van der Waals surface area contributed by atoms with Crippen LogP contribution in [0.15, 0.2) is 60.8 Å². The number of anilines is 2. The summed E-state index contributed by atoms with van der Waals surface area (Å²) in [5, 5.41) is 15.1. The monoisotopic (exact) mass is 417 g/mol. The van der Waals surface area contributed by atoms with E-state index in [1.54, 1.807) is 55.6 Å². The lowest BCUT2D eigenvalue weighted by molar-refractivity contribution is 0.262. The van der Waals surface area contributed by atoms with Gasteiger partial charge in [-0.3, -0.25) is 5.32 Å². The van der Waals surface area contributed by atoms with Crippen molar-refractivity contribution >= 4 is 28.7 Å². The second-order valence-electron chi connectivity index (χ2n) is 6.49. The number of nitrogens with zero attached hydrogens (tertiary/aromatic N) is 3. The Balaban J connectivity index is 1.56. The van der Waals surface area contributed by atoms with Gasteiger partial charge in [-0.25, -0.2) is 19.7 Å². The highest BCUT2D eigenvalue weighted by Crippen LogP contribution is 2.31. The molecular weight excluding hydrogens is 398 g/mol. The van der Waals surface area contributed by atoms with Crippen molar-refractivity contribution in [1.29, 1.82) is 0 Å². The summed E-state index contributed by atoms with van der Waals surface area (Å²) < 4.78 is 10.3. The van der Waals surface area contributed by atoms with E-state index < -0.39 is 6.03 Å². The molecule has 0 spiro atoms. The molecule has 0 unspecified atom stereocenters. The van der Waals surface area contributed by atoms with Crippen LogP contribution in [0.25, 0.3) is 22.4 Å². The Bertz CT molecular complexity index is 1260. The molecule has 2 aromatic carbocycles. The molecule has 0 atom stereocenters. The zero-order valence-corrected chi connectivity index (χ0v) is 16.8. The molecule has 0 aliphatic rings. The molecule has 0 aliphatic heterocycles. The van der Waals surface area contributed by atoms with E-state index in [1.807, 2.05) is 0 Å². The quantitative estimate of drug-likeness (QED) is 0.448. The van der Waals surface area contributed by atoms with Crippen LogP contribution in [-0.2, 0) is 0 Å². The van der Waals surface area contributed by atoms with Crippen molar-refractivity contribution in [3.63, 3.8) is 0 Å². The number of methoxy groups -OCH3 is 2. The zero-order chi connectivity index (χ0) is 21.8. The molecule has 156 valence electrons. The Morgan fingerprint density at radius 3 is 2.65 bits per heavy atom. The van der Waals surface area contributed by atoms with Gasteiger partial charge >= 0.3 is 6.03 Å². The molecule has 2 heterocycles. The zero-order valence-electron chi connectivity index (χ0n) is 16.8. The maximum atomic E-state index is 12.3. The fourth-order valence-corrected chi connectivity index (χ4v) is 2.94. The molecule has 31 heavy (non-hydrogen) atoms. The first-order chi connectivity index (χ1) is 15.1. The molecule has 0 bridgehead atoms. The first-order valence-corrected chi connectivity index (χ1v) is 9.29. The number of nitrogens with one attached hydrogen (secondary N) is 2. The van der Waals surface area contributed by atoms with Crippen LogP contribution in [0, 0.1) is 0 Å². The third-order valence-corrected chi connectivity index (χ3v) is 4.45. The van der Waals surface area contributed by atoms with Gasteiger partial charge in [0.25, 0.3) is 0 Å². The van der Waals surface area contributed by atoms with Crippen LogP contribution >= 0.6 is 0 Å². The number of aromatic hydroxyl groups is 1. The topological polar surface area (TPSA) is 118 Å². The third-order valence-electron chi connectivity index (χ3n) is 4.45. The van der Waals surface area contributed by atoms with E-state index in [2.05, 4.69) is 25.6 Å². The number of carbonyl (C=O) groups excluding carboxylic acids is 1. The standard InChI is InChI=1S/C22H19N5O4/c1-30-15-5-3-4-14(11-15)24-22(29)27-20-12-23-17-8-7-16(25-21(17)26-20)13-6-9-18(28)19(10-13)31-2/h3-12,28H,1-2H3,(H2,24,25,26,27,29). The van der Waals surface area contributed by atoms with Gasteiger partial charge < -0.3 is 19.9 Å². The third kappa shape index (κ3) is 4.45. The van der Waals surface area contributed by atoms with Crippen LogP contribution in [0.5, 0.6) is 17.2 Å². The van der Waals surface area contributed by atoms with Crippen molar-refractivity contribution in [3.05, 3.63) is 60.8 Å². The normalized spacial score (nSPS) is 10.5. The van der Waals surface area contributed by atoms with Gasteiger partial charge in [-0.05, 0) is 42.5 Å². The van der Waals surface area contributed by atoms with Crippen molar-refractivity contribution < 1.29 is 19.4 Å². The van der Waals surface area contributed by atoms with Crippen LogP contribution < -0.4 is 20.1 Å². The fraction of sp³-hybridized carbons (Fsp3) is 0.0909. The van der Waals surface area contributed by atoms with E-state index in [0.717, 1.165) is 5.56 Å². The average molecular weight is 417 g/mol. The summed E-state index contributed by atoms with van der Waals surface area (Å²) in [6, 6.07) is 15.0. The summed E-state index contributed by atoms with van der Waals surface area (Å²) in [4.78, 5) is 25.5. The van der Waals surface area contributed by atoms with Crippen LogP contribution in [0.2, 0.25) is 0 Å². The number of rotatable bonds is 5. The molecule has 0 radical (unpaired) electrons.